The monoisotopic (exact) mass is 441 g/mol. The Morgan fingerprint density at radius 3 is 2.28 bits per heavy atom. The van der Waals surface area contributed by atoms with E-state index in [2.05, 4.69) is 14.2 Å². The number of guanidine groups is 2. The second-order valence-electron chi connectivity index (χ2n) is 6.54. The van der Waals surface area contributed by atoms with Crippen molar-refractivity contribution in [2.24, 2.45) is 21.5 Å². The molecule has 0 amide bonds. The number of hydrogen-bond acceptors (Lipinski definition) is 8. The largest absolute Gasteiger partial charge is 0.534 e. The molecular formula is C15H16F5N5O3S. The Balaban J connectivity index is 2.11. The van der Waals surface area contributed by atoms with E-state index in [1.807, 2.05) is 0 Å². The van der Waals surface area contributed by atoms with Crippen LogP contribution in [0.2, 0.25) is 0 Å². The second kappa shape index (κ2) is 7.00. The van der Waals surface area contributed by atoms with Crippen molar-refractivity contribution in [3.05, 3.63) is 23.8 Å². The third kappa shape index (κ3) is 3.80. The van der Waals surface area contributed by atoms with Gasteiger partial charge in [-0.05, 0) is 25.7 Å². The maximum absolute atomic E-state index is 14.6. The van der Waals surface area contributed by atoms with E-state index in [4.69, 9.17) is 11.5 Å². The maximum atomic E-state index is 14.6. The quantitative estimate of drug-likeness (QED) is 0.422. The van der Waals surface area contributed by atoms with Gasteiger partial charge < -0.3 is 15.7 Å². The molecule has 160 valence electrons. The third-order valence-corrected chi connectivity index (χ3v) is 5.54. The Kier molecular flexibility index (Phi) is 5.09. The molecule has 8 nitrogen and oxygen atoms in total. The normalized spacial score (nSPS) is 19.7. The minimum absolute atomic E-state index is 0.167. The van der Waals surface area contributed by atoms with Crippen molar-refractivity contribution in [1.82, 2.24) is 0 Å². The van der Waals surface area contributed by atoms with Crippen LogP contribution in [-0.4, -0.2) is 31.5 Å². The molecule has 0 saturated heterocycles. The predicted molar refractivity (Wildman–Crippen MR) is 93.5 cm³/mol. The molecule has 29 heavy (non-hydrogen) atoms. The molecule has 1 aromatic rings. The highest BCUT2D eigenvalue weighted by atomic mass is 32.2. The fraction of sp³-hybridized carbons (Fsp3) is 0.467. The van der Waals surface area contributed by atoms with Crippen LogP contribution in [0.3, 0.4) is 0 Å². The van der Waals surface area contributed by atoms with Gasteiger partial charge in [0, 0.05) is 12.1 Å². The van der Waals surface area contributed by atoms with Crippen molar-refractivity contribution in [1.29, 1.82) is 0 Å². The number of rotatable bonds is 3. The van der Waals surface area contributed by atoms with Crippen LogP contribution in [0.1, 0.15) is 32.1 Å². The Morgan fingerprint density at radius 1 is 1.07 bits per heavy atom. The average molecular weight is 441 g/mol. The van der Waals surface area contributed by atoms with Gasteiger partial charge in [-0.25, -0.2) is 13.8 Å². The van der Waals surface area contributed by atoms with E-state index in [9.17, 15) is 30.4 Å². The minimum Gasteiger partial charge on any atom is -0.373 e. The third-order valence-electron chi connectivity index (χ3n) is 4.58. The van der Waals surface area contributed by atoms with Crippen LogP contribution in [0.15, 0.2) is 22.1 Å². The zero-order valence-corrected chi connectivity index (χ0v) is 15.5. The lowest BCUT2D eigenvalue weighted by molar-refractivity contribution is -0.0500. The van der Waals surface area contributed by atoms with Gasteiger partial charge in [-0.15, -0.1) is 0 Å². The van der Waals surface area contributed by atoms with Crippen LogP contribution in [0, 0.1) is 11.6 Å². The average Bonchev–Trinajstić information content (AvgIpc) is 2.57. The van der Waals surface area contributed by atoms with Crippen LogP contribution in [-0.2, 0) is 10.1 Å². The van der Waals surface area contributed by atoms with Gasteiger partial charge in [0.25, 0.3) is 0 Å². The van der Waals surface area contributed by atoms with Crippen molar-refractivity contribution in [2.75, 3.05) is 4.90 Å². The van der Waals surface area contributed by atoms with Crippen LogP contribution in [0.4, 0.5) is 27.6 Å². The molecule has 1 aliphatic carbocycles. The number of nitrogens with two attached hydrogens (primary N) is 2. The first kappa shape index (κ1) is 21.1. The molecule has 1 aliphatic heterocycles. The van der Waals surface area contributed by atoms with E-state index in [1.54, 1.807) is 0 Å². The van der Waals surface area contributed by atoms with E-state index >= 15 is 0 Å². The highest BCUT2D eigenvalue weighted by Crippen LogP contribution is 2.42. The summed E-state index contributed by atoms with van der Waals surface area (Å²) in [5, 5.41) is 0. The number of benzene rings is 1. The van der Waals surface area contributed by atoms with E-state index < -0.39 is 44.4 Å². The predicted octanol–water partition coefficient (Wildman–Crippen LogP) is 2.30. The van der Waals surface area contributed by atoms with E-state index in [1.165, 1.54) is 0 Å². The van der Waals surface area contributed by atoms with Gasteiger partial charge in [0.1, 0.15) is 11.5 Å². The number of hydrogen-bond donors (Lipinski definition) is 2. The van der Waals surface area contributed by atoms with Gasteiger partial charge in [-0.2, -0.15) is 26.6 Å². The molecule has 1 fully saturated rings. The van der Waals surface area contributed by atoms with Gasteiger partial charge >= 0.3 is 15.6 Å². The fourth-order valence-corrected chi connectivity index (χ4v) is 3.85. The van der Waals surface area contributed by atoms with Gasteiger partial charge in [0.15, 0.2) is 11.6 Å². The summed E-state index contributed by atoms with van der Waals surface area (Å²) in [6, 6.07) is 0.672. The van der Waals surface area contributed by atoms with Crippen LogP contribution in [0.25, 0.3) is 0 Å². The SMILES string of the molecule is NC1=NC2(CCCCC2)N(c2cc(OS(=O)(=O)C(F)(F)F)c(F)cc2F)C(N)=N1. The highest BCUT2D eigenvalue weighted by Gasteiger charge is 2.49. The number of alkyl halides is 3. The fourth-order valence-electron chi connectivity index (χ4n) is 3.39. The Bertz CT molecular complexity index is 987. The summed E-state index contributed by atoms with van der Waals surface area (Å²) < 4.78 is 92.7. The van der Waals surface area contributed by atoms with Crippen LogP contribution in [0.5, 0.6) is 5.75 Å². The lowest BCUT2D eigenvalue weighted by Gasteiger charge is -2.45. The Labute approximate surface area is 162 Å². The van der Waals surface area contributed by atoms with Crippen molar-refractivity contribution >= 4 is 27.7 Å². The molecule has 0 unspecified atom stereocenters. The first-order chi connectivity index (χ1) is 13.4. The summed E-state index contributed by atoms with van der Waals surface area (Å²) >= 11 is 0. The Hall–Kier alpha value is -2.64. The second-order valence-corrected chi connectivity index (χ2v) is 8.07. The lowest BCUT2D eigenvalue weighted by Crippen LogP contribution is -2.58. The van der Waals surface area contributed by atoms with E-state index in [0.29, 0.717) is 31.7 Å². The molecule has 2 aliphatic rings. The first-order valence-corrected chi connectivity index (χ1v) is 9.77. The summed E-state index contributed by atoms with van der Waals surface area (Å²) in [6.45, 7) is 0. The summed E-state index contributed by atoms with van der Waals surface area (Å²) in [5.74, 6) is -4.71. The molecule has 0 radical (unpaired) electrons. The van der Waals surface area contributed by atoms with Crippen molar-refractivity contribution in [2.45, 2.75) is 43.3 Å². The van der Waals surface area contributed by atoms with E-state index in [-0.39, 0.29) is 18.0 Å². The topological polar surface area (TPSA) is 123 Å². The van der Waals surface area contributed by atoms with Gasteiger partial charge in [0.2, 0.25) is 11.9 Å². The zero-order chi connectivity index (χ0) is 21.6. The summed E-state index contributed by atoms with van der Waals surface area (Å²) in [5.41, 5.74) is 4.01. The molecule has 0 aromatic heterocycles. The Morgan fingerprint density at radius 2 is 1.69 bits per heavy atom. The van der Waals surface area contributed by atoms with E-state index in [0.717, 1.165) is 11.3 Å². The van der Waals surface area contributed by atoms with Crippen molar-refractivity contribution in [3.8, 4) is 5.75 Å². The summed E-state index contributed by atoms with van der Waals surface area (Å²) in [6.07, 6.45) is 2.89. The van der Waals surface area contributed by atoms with Crippen LogP contribution >= 0.6 is 0 Å². The molecule has 14 heteroatoms. The first-order valence-electron chi connectivity index (χ1n) is 8.36. The molecule has 1 aromatic carbocycles. The molecule has 1 saturated carbocycles. The van der Waals surface area contributed by atoms with Gasteiger partial charge in [-0.1, -0.05) is 6.42 Å². The molecule has 0 bridgehead atoms. The van der Waals surface area contributed by atoms with Gasteiger partial charge in [-0.3, -0.25) is 4.90 Å². The van der Waals surface area contributed by atoms with Crippen molar-refractivity contribution in [3.63, 3.8) is 0 Å². The number of nitrogens with zero attached hydrogens (tertiary/aromatic N) is 3. The number of halogens is 5. The molecule has 1 spiro atoms. The molecule has 0 atom stereocenters. The maximum Gasteiger partial charge on any atom is 0.534 e. The standard InChI is InChI=1S/C15H16F5N5O3S/c16-8-6-9(17)11(28-29(26,27)15(18,19)20)7-10(8)25-13(22)23-12(21)24-14(25)4-2-1-3-5-14/h6-7H,1-5H2,(H4,21,22,23,24). The smallest absolute Gasteiger partial charge is 0.373 e. The lowest BCUT2D eigenvalue weighted by atomic mass is 9.87. The van der Waals surface area contributed by atoms with Crippen molar-refractivity contribution < 1.29 is 34.6 Å². The summed E-state index contributed by atoms with van der Waals surface area (Å²) in [4.78, 5) is 9.06. The number of anilines is 1. The van der Waals surface area contributed by atoms with Crippen LogP contribution < -0.4 is 20.6 Å². The molecule has 3 rings (SSSR count). The van der Waals surface area contributed by atoms with Gasteiger partial charge in [0.05, 0.1) is 5.69 Å². The highest BCUT2D eigenvalue weighted by molar-refractivity contribution is 7.88. The molecular weight excluding hydrogens is 425 g/mol. The summed E-state index contributed by atoms with van der Waals surface area (Å²) in [7, 11) is -6.18. The number of aliphatic imine (C=N–C) groups is 2. The molecule has 4 N–H and O–H groups in total. The minimum atomic E-state index is -6.18. The molecule has 1 heterocycles. The zero-order valence-electron chi connectivity index (χ0n) is 14.7.